The minimum atomic E-state index is 0.803. The fraction of sp³-hybridized carbons (Fsp3) is 0.714. The molecule has 2 aliphatic carbocycles. The molecular formula is C7H9Br. The Labute approximate surface area is 58.1 Å². The molecule has 0 aliphatic heterocycles. The Balaban J connectivity index is 2.23. The lowest BCUT2D eigenvalue weighted by molar-refractivity contribution is 0.693. The smallest absolute Gasteiger partial charge is 0.0214 e. The second-order valence-electron chi connectivity index (χ2n) is 2.80. The number of rotatable bonds is 0. The van der Waals surface area contributed by atoms with Crippen LogP contribution < -0.4 is 0 Å². The third kappa shape index (κ3) is 0.572. The molecule has 0 aromatic heterocycles. The lowest BCUT2D eigenvalue weighted by atomic mass is 10.1. The predicted molar refractivity (Wildman–Crippen MR) is 38.1 cm³/mol. The van der Waals surface area contributed by atoms with Crippen LogP contribution in [0.4, 0.5) is 0 Å². The highest BCUT2D eigenvalue weighted by molar-refractivity contribution is 9.09. The van der Waals surface area contributed by atoms with Crippen molar-refractivity contribution in [2.75, 3.05) is 0 Å². The van der Waals surface area contributed by atoms with Gasteiger partial charge in [0.1, 0.15) is 0 Å². The van der Waals surface area contributed by atoms with Gasteiger partial charge in [0.05, 0.1) is 0 Å². The summed E-state index contributed by atoms with van der Waals surface area (Å²) < 4.78 is 0. The van der Waals surface area contributed by atoms with Crippen LogP contribution in [-0.2, 0) is 0 Å². The first-order valence-electron chi connectivity index (χ1n) is 3.18. The molecule has 1 fully saturated rings. The molecule has 0 aromatic rings. The summed E-state index contributed by atoms with van der Waals surface area (Å²) in [5.74, 6) is 1.80. The van der Waals surface area contributed by atoms with Crippen LogP contribution in [0.15, 0.2) is 12.2 Å². The fourth-order valence-corrected chi connectivity index (χ4v) is 2.59. The summed E-state index contributed by atoms with van der Waals surface area (Å²) in [5.41, 5.74) is 0. The van der Waals surface area contributed by atoms with Crippen molar-refractivity contribution in [3.63, 3.8) is 0 Å². The summed E-state index contributed by atoms with van der Waals surface area (Å²) in [6.07, 6.45) is 7.51. The van der Waals surface area contributed by atoms with Crippen molar-refractivity contribution in [2.24, 2.45) is 11.8 Å². The van der Waals surface area contributed by atoms with Crippen molar-refractivity contribution in [3.05, 3.63) is 12.2 Å². The largest absolute Gasteiger partial charge is 0.0884 e. The van der Waals surface area contributed by atoms with Gasteiger partial charge in [-0.25, -0.2) is 0 Å². The van der Waals surface area contributed by atoms with E-state index in [1.165, 1.54) is 12.8 Å². The zero-order chi connectivity index (χ0) is 5.56. The van der Waals surface area contributed by atoms with Crippen LogP contribution in [0, 0.1) is 11.8 Å². The summed E-state index contributed by atoms with van der Waals surface area (Å²) in [4.78, 5) is 0.803. The summed E-state index contributed by atoms with van der Waals surface area (Å²) >= 11 is 3.64. The van der Waals surface area contributed by atoms with Crippen LogP contribution in [0.25, 0.3) is 0 Å². The maximum absolute atomic E-state index is 3.64. The van der Waals surface area contributed by atoms with E-state index in [0.29, 0.717) is 0 Å². The number of allylic oxidation sites excluding steroid dienone is 2. The Bertz CT molecular complexity index is 128. The van der Waals surface area contributed by atoms with Crippen molar-refractivity contribution in [3.8, 4) is 0 Å². The van der Waals surface area contributed by atoms with Gasteiger partial charge in [0.2, 0.25) is 0 Å². The monoisotopic (exact) mass is 172 g/mol. The van der Waals surface area contributed by atoms with Crippen LogP contribution in [0.5, 0.6) is 0 Å². The van der Waals surface area contributed by atoms with Crippen molar-refractivity contribution < 1.29 is 0 Å². The predicted octanol–water partition coefficient (Wildman–Crippen LogP) is 2.35. The van der Waals surface area contributed by atoms with E-state index in [9.17, 15) is 0 Å². The van der Waals surface area contributed by atoms with Crippen molar-refractivity contribution in [2.45, 2.75) is 17.7 Å². The van der Waals surface area contributed by atoms with E-state index < -0.39 is 0 Å². The number of hydrogen-bond acceptors (Lipinski definition) is 0. The van der Waals surface area contributed by atoms with Crippen LogP contribution >= 0.6 is 15.9 Å². The maximum Gasteiger partial charge on any atom is 0.0214 e. The van der Waals surface area contributed by atoms with Crippen LogP contribution in [0.1, 0.15) is 12.8 Å². The molecule has 2 bridgehead atoms. The molecule has 8 heavy (non-hydrogen) atoms. The Morgan fingerprint density at radius 2 is 2.12 bits per heavy atom. The Morgan fingerprint density at radius 1 is 1.25 bits per heavy atom. The first-order valence-corrected chi connectivity index (χ1v) is 4.10. The van der Waals surface area contributed by atoms with E-state index in [4.69, 9.17) is 0 Å². The van der Waals surface area contributed by atoms with Gasteiger partial charge in [-0.2, -0.15) is 0 Å². The summed E-state index contributed by atoms with van der Waals surface area (Å²) in [7, 11) is 0. The topological polar surface area (TPSA) is 0 Å². The van der Waals surface area contributed by atoms with Gasteiger partial charge < -0.3 is 0 Å². The number of hydrogen-bond donors (Lipinski definition) is 0. The van der Waals surface area contributed by atoms with Crippen LogP contribution in [0.2, 0.25) is 0 Å². The normalized spacial score (nSPS) is 50.9. The van der Waals surface area contributed by atoms with Gasteiger partial charge in [-0.1, -0.05) is 28.1 Å². The van der Waals surface area contributed by atoms with Gasteiger partial charge in [-0.3, -0.25) is 0 Å². The maximum atomic E-state index is 3.64. The van der Waals surface area contributed by atoms with Crippen molar-refractivity contribution >= 4 is 15.9 Å². The number of alkyl halides is 1. The highest BCUT2D eigenvalue weighted by Crippen LogP contribution is 2.42. The van der Waals surface area contributed by atoms with Gasteiger partial charge in [0.15, 0.2) is 0 Å². The molecular weight excluding hydrogens is 164 g/mol. The summed E-state index contributed by atoms with van der Waals surface area (Å²) in [5, 5.41) is 0. The average molecular weight is 173 g/mol. The molecule has 0 unspecified atom stereocenters. The number of halogens is 1. The van der Waals surface area contributed by atoms with E-state index in [2.05, 4.69) is 28.1 Å². The molecule has 0 spiro atoms. The molecule has 2 rings (SSSR count). The third-order valence-corrected chi connectivity index (χ3v) is 3.25. The zero-order valence-electron chi connectivity index (χ0n) is 4.68. The van der Waals surface area contributed by atoms with Gasteiger partial charge in [-0.15, -0.1) is 0 Å². The van der Waals surface area contributed by atoms with Gasteiger partial charge in [0.25, 0.3) is 0 Å². The Morgan fingerprint density at radius 3 is 2.38 bits per heavy atom. The molecule has 0 radical (unpaired) electrons. The van der Waals surface area contributed by atoms with Crippen LogP contribution in [0.3, 0.4) is 0 Å². The van der Waals surface area contributed by atoms with E-state index in [1.54, 1.807) is 0 Å². The van der Waals surface area contributed by atoms with E-state index in [1.807, 2.05) is 0 Å². The van der Waals surface area contributed by atoms with Crippen molar-refractivity contribution in [1.29, 1.82) is 0 Å². The molecule has 3 atom stereocenters. The van der Waals surface area contributed by atoms with Crippen molar-refractivity contribution in [1.82, 2.24) is 0 Å². The standard InChI is InChI=1S/C7H9Br/c8-7-4-5-1-2-6(7)3-5/h1-2,5-7H,3-4H2/t5-,6+,7+/m0/s1. The summed E-state index contributed by atoms with van der Waals surface area (Å²) in [6, 6.07) is 0. The lowest BCUT2D eigenvalue weighted by Gasteiger charge is -2.07. The van der Waals surface area contributed by atoms with E-state index >= 15 is 0 Å². The molecule has 0 nitrogen and oxygen atoms in total. The second-order valence-corrected chi connectivity index (χ2v) is 3.97. The fourth-order valence-electron chi connectivity index (χ4n) is 1.71. The quantitative estimate of drug-likeness (QED) is 0.389. The highest BCUT2D eigenvalue weighted by Gasteiger charge is 2.33. The molecule has 2 aliphatic rings. The molecule has 0 N–H and O–H groups in total. The molecule has 1 saturated carbocycles. The van der Waals surface area contributed by atoms with Gasteiger partial charge >= 0.3 is 0 Å². The SMILES string of the molecule is Br[C@@H]1C[C@H]2C=C[C@@H]1C2. The minimum Gasteiger partial charge on any atom is -0.0884 e. The van der Waals surface area contributed by atoms with Gasteiger partial charge in [0, 0.05) is 4.83 Å². The first-order chi connectivity index (χ1) is 3.86. The highest BCUT2D eigenvalue weighted by atomic mass is 79.9. The molecule has 0 heterocycles. The molecule has 44 valence electrons. The van der Waals surface area contributed by atoms with E-state index in [0.717, 1.165) is 16.7 Å². The van der Waals surface area contributed by atoms with E-state index in [-0.39, 0.29) is 0 Å². The lowest BCUT2D eigenvalue weighted by Crippen LogP contribution is -2.03. The second kappa shape index (κ2) is 1.60. The molecule has 0 aromatic carbocycles. The molecule has 1 heteroatoms. The average Bonchev–Trinajstić information content (AvgIpc) is 2.23. The Hall–Kier alpha value is 0.220. The molecule has 0 amide bonds. The van der Waals surface area contributed by atoms with Crippen LogP contribution in [-0.4, -0.2) is 4.83 Å². The third-order valence-electron chi connectivity index (χ3n) is 2.20. The first kappa shape index (κ1) is 5.04. The minimum absolute atomic E-state index is 0.803. The number of fused-ring (bicyclic) bond motifs is 2. The summed E-state index contributed by atoms with van der Waals surface area (Å²) in [6.45, 7) is 0. The molecule has 0 saturated heterocycles. The van der Waals surface area contributed by atoms with Gasteiger partial charge in [-0.05, 0) is 24.7 Å². The zero-order valence-corrected chi connectivity index (χ0v) is 6.26. The Kier molecular flexibility index (Phi) is 1.01.